The predicted octanol–water partition coefficient (Wildman–Crippen LogP) is 4.29. The molecule has 0 saturated carbocycles. The van der Waals surface area contributed by atoms with Crippen molar-refractivity contribution in [2.45, 2.75) is 25.9 Å². The van der Waals surface area contributed by atoms with Crippen LogP contribution in [-0.2, 0) is 6.54 Å². The molecule has 2 aromatic heterocycles. The summed E-state index contributed by atoms with van der Waals surface area (Å²) >= 11 is 5.22. The lowest BCUT2D eigenvalue weighted by molar-refractivity contribution is 0.506. The van der Waals surface area contributed by atoms with Crippen molar-refractivity contribution in [2.24, 2.45) is 0 Å². The SMILES string of the molecule is CCC(NCc1sccc1Br)c1ccc(F)cn1. The molecule has 18 heavy (non-hydrogen) atoms. The standard InChI is InChI=1S/C13H14BrFN2S/c1-2-11(12-4-3-9(15)7-16-12)17-8-13-10(14)5-6-18-13/h3-7,11,17H,2,8H2,1H3. The topological polar surface area (TPSA) is 24.9 Å². The Bertz CT molecular complexity index is 498. The van der Waals surface area contributed by atoms with Crippen molar-refractivity contribution in [2.75, 3.05) is 0 Å². The maximum atomic E-state index is 12.8. The Labute approximate surface area is 118 Å². The van der Waals surface area contributed by atoms with Gasteiger partial charge in [0.2, 0.25) is 0 Å². The number of thiophene rings is 1. The maximum absolute atomic E-state index is 12.8. The van der Waals surface area contributed by atoms with Crippen molar-refractivity contribution in [1.82, 2.24) is 10.3 Å². The second-order valence-corrected chi connectivity index (χ2v) is 5.79. The lowest BCUT2D eigenvalue weighted by atomic mass is 10.1. The normalized spacial score (nSPS) is 12.6. The number of pyridine rings is 1. The van der Waals surface area contributed by atoms with Gasteiger partial charge in [-0.25, -0.2) is 4.39 Å². The summed E-state index contributed by atoms with van der Waals surface area (Å²) in [6, 6.07) is 5.38. The van der Waals surface area contributed by atoms with Gasteiger partial charge in [-0.2, -0.15) is 0 Å². The summed E-state index contributed by atoms with van der Waals surface area (Å²) in [5, 5.41) is 5.50. The zero-order valence-corrected chi connectivity index (χ0v) is 12.4. The third-order valence-corrected chi connectivity index (χ3v) is 4.64. The molecule has 1 unspecified atom stereocenters. The molecule has 0 radical (unpaired) electrons. The van der Waals surface area contributed by atoms with Gasteiger partial charge in [0.1, 0.15) is 5.82 Å². The average molecular weight is 329 g/mol. The van der Waals surface area contributed by atoms with Crippen molar-refractivity contribution in [3.8, 4) is 0 Å². The van der Waals surface area contributed by atoms with Crippen LogP contribution in [0.4, 0.5) is 4.39 Å². The minimum atomic E-state index is -0.297. The molecule has 2 nitrogen and oxygen atoms in total. The number of halogens is 2. The average Bonchev–Trinajstić information content (AvgIpc) is 2.78. The van der Waals surface area contributed by atoms with E-state index in [-0.39, 0.29) is 11.9 Å². The fraction of sp³-hybridized carbons (Fsp3) is 0.308. The highest BCUT2D eigenvalue weighted by atomic mass is 79.9. The lowest BCUT2D eigenvalue weighted by Crippen LogP contribution is -2.20. The second-order valence-electron chi connectivity index (χ2n) is 3.93. The monoisotopic (exact) mass is 328 g/mol. The largest absolute Gasteiger partial charge is 0.304 e. The van der Waals surface area contributed by atoms with Gasteiger partial charge in [0.15, 0.2) is 0 Å². The minimum absolute atomic E-state index is 0.152. The molecule has 0 amide bonds. The molecule has 0 aliphatic rings. The van der Waals surface area contributed by atoms with Gasteiger partial charge in [-0.1, -0.05) is 6.92 Å². The summed E-state index contributed by atoms with van der Waals surface area (Å²) < 4.78 is 14.0. The number of nitrogens with zero attached hydrogens (tertiary/aromatic N) is 1. The van der Waals surface area contributed by atoms with Gasteiger partial charge in [0.25, 0.3) is 0 Å². The molecule has 2 aromatic rings. The van der Waals surface area contributed by atoms with E-state index in [4.69, 9.17) is 0 Å². The first-order valence-electron chi connectivity index (χ1n) is 5.77. The van der Waals surface area contributed by atoms with Gasteiger partial charge in [-0.15, -0.1) is 11.3 Å². The van der Waals surface area contributed by atoms with Gasteiger partial charge in [-0.05, 0) is 45.9 Å². The molecule has 0 fully saturated rings. The van der Waals surface area contributed by atoms with Crippen LogP contribution in [0, 0.1) is 5.82 Å². The highest BCUT2D eigenvalue weighted by molar-refractivity contribution is 9.10. The lowest BCUT2D eigenvalue weighted by Gasteiger charge is -2.16. The van der Waals surface area contributed by atoms with E-state index in [2.05, 4.69) is 38.5 Å². The van der Waals surface area contributed by atoms with E-state index in [9.17, 15) is 4.39 Å². The quantitative estimate of drug-likeness (QED) is 0.885. The van der Waals surface area contributed by atoms with Gasteiger partial charge < -0.3 is 5.32 Å². The molecule has 0 aromatic carbocycles. The van der Waals surface area contributed by atoms with Crippen molar-refractivity contribution in [1.29, 1.82) is 0 Å². The first-order chi connectivity index (χ1) is 8.70. The molecule has 1 N–H and O–H groups in total. The number of rotatable bonds is 5. The van der Waals surface area contributed by atoms with Gasteiger partial charge in [0.05, 0.1) is 11.9 Å². The highest BCUT2D eigenvalue weighted by Crippen LogP contribution is 2.24. The van der Waals surface area contributed by atoms with Crippen LogP contribution in [0.15, 0.2) is 34.2 Å². The molecular weight excluding hydrogens is 315 g/mol. The fourth-order valence-corrected chi connectivity index (χ4v) is 3.16. The van der Waals surface area contributed by atoms with Crippen molar-refractivity contribution >= 4 is 27.3 Å². The summed E-state index contributed by atoms with van der Waals surface area (Å²) in [6.07, 6.45) is 2.18. The minimum Gasteiger partial charge on any atom is -0.304 e. The first kappa shape index (κ1) is 13.6. The Balaban J connectivity index is 2.01. The molecule has 0 aliphatic carbocycles. The van der Waals surface area contributed by atoms with Crippen LogP contribution < -0.4 is 5.32 Å². The third kappa shape index (κ3) is 3.37. The van der Waals surface area contributed by atoms with Crippen LogP contribution in [0.1, 0.15) is 30.0 Å². The Kier molecular flexibility index (Phi) is 4.86. The molecule has 96 valence electrons. The van der Waals surface area contributed by atoms with Crippen molar-refractivity contribution < 1.29 is 4.39 Å². The Morgan fingerprint density at radius 2 is 2.28 bits per heavy atom. The van der Waals surface area contributed by atoms with Crippen LogP contribution in [0.2, 0.25) is 0 Å². The molecule has 5 heteroatoms. The first-order valence-corrected chi connectivity index (χ1v) is 7.44. The van der Waals surface area contributed by atoms with Crippen LogP contribution in [-0.4, -0.2) is 4.98 Å². The number of hydrogen-bond donors (Lipinski definition) is 1. The van der Waals surface area contributed by atoms with Gasteiger partial charge in [0, 0.05) is 21.9 Å². The molecular formula is C13H14BrFN2S. The number of aromatic nitrogens is 1. The third-order valence-electron chi connectivity index (χ3n) is 2.72. The van der Waals surface area contributed by atoms with E-state index < -0.39 is 0 Å². The molecule has 2 heterocycles. The van der Waals surface area contributed by atoms with Crippen LogP contribution in [0.25, 0.3) is 0 Å². The smallest absolute Gasteiger partial charge is 0.141 e. The summed E-state index contributed by atoms with van der Waals surface area (Å²) in [7, 11) is 0. The maximum Gasteiger partial charge on any atom is 0.141 e. The van der Waals surface area contributed by atoms with Crippen LogP contribution in [0.5, 0.6) is 0 Å². The molecule has 0 aliphatic heterocycles. The molecule has 0 bridgehead atoms. The van der Waals surface area contributed by atoms with E-state index >= 15 is 0 Å². The Hall–Kier alpha value is -0.780. The van der Waals surface area contributed by atoms with Crippen molar-refractivity contribution in [3.05, 3.63) is 50.6 Å². The predicted molar refractivity (Wildman–Crippen MR) is 76.1 cm³/mol. The molecule has 0 spiro atoms. The number of nitrogens with one attached hydrogen (secondary N) is 1. The molecule has 1 atom stereocenters. The van der Waals surface area contributed by atoms with E-state index in [0.717, 1.165) is 23.1 Å². The van der Waals surface area contributed by atoms with Crippen LogP contribution >= 0.6 is 27.3 Å². The van der Waals surface area contributed by atoms with Crippen LogP contribution in [0.3, 0.4) is 0 Å². The summed E-state index contributed by atoms with van der Waals surface area (Å²) in [5.74, 6) is -0.297. The highest BCUT2D eigenvalue weighted by Gasteiger charge is 2.11. The number of hydrogen-bond acceptors (Lipinski definition) is 3. The van der Waals surface area contributed by atoms with E-state index in [1.165, 1.54) is 17.1 Å². The summed E-state index contributed by atoms with van der Waals surface area (Å²) in [4.78, 5) is 5.39. The summed E-state index contributed by atoms with van der Waals surface area (Å²) in [6.45, 7) is 2.88. The van der Waals surface area contributed by atoms with Gasteiger partial charge >= 0.3 is 0 Å². The Morgan fingerprint density at radius 3 is 2.83 bits per heavy atom. The van der Waals surface area contributed by atoms with E-state index in [1.807, 2.05) is 6.07 Å². The molecule has 0 saturated heterocycles. The fourth-order valence-electron chi connectivity index (χ4n) is 1.72. The van der Waals surface area contributed by atoms with E-state index in [0.29, 0.717) is 0 Å². The van der Waals surface area contributed by atoms with E-state index in [1.54, 1.807) is 17.4 Å². The second kappa shape index (κ2) is 6.41. The summed E-state index contributed by atoms with van der Waals surface area (Å²) in [5.41, 5.74) is 0.881. The zero-order chi connectivity index (χ0) is 13.0. The molecule has 2 rings (SSSR count). The van der Waals surface area contributed by atoms with Crippen molar-refractivity contribution in [3.63, 3.8) is 0 Å². The van der Waals surface area contributed by atoms with Gasteiger partial charge in [-0.3, -0.25) is 4.98 Å². The Morgan fingerprint density at radius 1 is 1.44 bits per heavy atom. The zero-order valence-electron chi connectivity index (χ0n) is 9.99.